The lowest BCUT2D eigenvalue weighted by Gasteiger charge is -2.21. The highest BCUT2D eigenvalue weighted by Crippen LogP contribution is 2.16. The highest BCUT2D eigenvalue weighted by atomic mass is 19.1. The fraction of sp³-hybridized carbons (Fsp3) is 0.176. The number of halogens is 2. The summed E-state index contributed by atoms with van der Waals surface area (Å²) in [6.07, 6.45) is 0.00655. The molecule has 23 heavy (non-hydrogen) atoms. The van der Waals surface area contributed by atoms with Gasteiger partial charge in [0.15, 0.2) is 0 Å². The van der Waals surface area contributed by atoms with Crippen molar-refractivity contribution >= 4 is 23.2 Å². The Labute approximate surface area is 132 Å². The molecule has 2 aromatic rings. The van der Waals surface area contributed by atoms with Crippen LogP contribution in [0.4, 0.5) is 20.2 Å². The fourth-order valence-corrected chi connectivity index (χ4v) is 2.12. The smallest absolute Gasteiger partial charge is 0.226 e. The molecule has 4 nitrogen and oxygen atoms in total. The number of nitrogens with zero attached hydrogens (tertiary/aromatic N) is 1. The van der Waals surface area contributed by atoms with Crippen molar-refractivity contribution in [3.05, 3.63) is 60.2 Å². The van der Waals surface area contributed by atoms with E-state index in [1.54, 1.807) is 12.1 Å². The van der Waals surface area contributed by atoms with Crippen LogP contribution in [-0.4, -0.2) is 18.4 Å². The molecular weight excluding hydrogens is 302 g/mol. The molecule has 2 aromatic carbocycles. The Morgan fingerprint density at radius 1 is 1.04 bits per heavy atom. The Kier molecular flexibility index (Phi) is 5.41. The van der Waals surface area contributed by atoms with E-state index in [9.17, 15) is 18.4 Å². The van der Waals surface area contributed by atoms with Crippen LogP contribution in [0.3, 0.4) is 0 Å². The van der Waals surface area contributed by atoms with Crippen LogP contribution in [0.15, 0.2) is 48.5 Å². The minimum Gasteiger partial charge on any atom is -0.326 e. The largest absolute Gasteiger partial charge is 0.326 e. The van der Waals surface area contributed by atoms with Gasteiger partial charge in [0.2, 0.25) is 11.8 Å². The number of carbonyl (C=O) groups is 2. The molecule has 0 saturated carbocycles. The molecule has 0 aromatic heterocycles. The number of nitrogens with one attached hydrogen (secondary N) is 1. The highest BCUT2D eigenvalue weighted by Gasteiger charge is 2.14. The molecule has 0 aliphatic carbocycles. The molecule has 0 heterocycles. The number of benzene rings is 2. The summed E-state index contributed by atoms with van der Waals surface area (Å²) in [7, 11) is 0. The molecule has 2 amide bonds. The van der Waals surface area contributed by atoms with Gasteiger partial charge in [-0.1, -0.05) is 12.1 Å². The van der Waals surface area contributed by atoms with E-state index in [4.69, 9.17) is 0 Å². The van der Waals surface area contributed by atoms with Crippen molar-refractivity contribution in [2.24, 2.45) is 0 Å². The SMILES string of the molecule is CC(=O)N(CCC(=O)Nc1cccc(F)c1)c1cccc(F)c1. The van der Waals surface area contributed by atoms with Crippen LogP contribution in [-0.2, 0) is 9.59 Å². The van der Waals surface area contributed by atoms with E-state index in [1.807, 2.05) is 0 Å². The molecule has 0 saturated heterocycles. The van der Waals surface area contributed by atoms with Gasteiger partial charge in [0, 0.05) is 31.3 Å². The molecule has 0 radical (unpaired) electrons. The van der Waals surface area contributed by atoms with Gasteiger partial charge in [-0.15, -0.1) is 0 Å². The van der Waals surface area contributed by atoms with Gasteiger partial charge < -0.3 is 10.2 Å². The van der Waals surface area contributed by atoms with Crippen molar-refractivity contribution in [3.63, 3.8) is 0 Å². The van der Waals surface area contributed by atoms with E-state index in [0.29, 0.717) is 11.4 Å². The van der Waals surface area contributed by atoms with Crippen molar-refractivity contribution in [2.75, 3.05) is 16.8 Å². The first-order valence-corrected chi connectivity index (χ1v) is 7.05. The zero-order chi connectivity index (χ0) is 16.8. The second kappa shape index (κ2) is 7.49. The molecule has 0 atom stereocenters. The third-order valence-corrected chi connectivity index (χ3v) is 3.17. The van der Waals surface area contributed by atoms with E-state index < -0.39 is 11.6 Å². The van der Waals surface area contributed by atoms with Gasteiger partial charge in [0.05, 0.1) is 0 Å². The van der Waals surface area contributed by atoms with Crippen LogP contribution >= 0.6 is 0 Å². The summed E-state index contributed by atoms with van der Waals surface area (Å²) in [6.45, 7) is 1.44. The fourth-order valence-electron chi connectivity index (χ4n) is 2.12. The van der Waals surface area contributed by atoms with Gasteiger partial charge in [0.25, 0.3) is 0 Å². The van der Waals surface area contributed by atoms with Crippen molar-refractivity contribution < 1.29 is 18.4 Å². The summed E-state index contributed by atoms with van der Waals surface area (Å²) in [5.74, 6) is -1.57. The van der Waals surface area contributed by atoms with Gasteiger partial charge >= 0.3 is 0 Å². The van der Waals surface area contributed by atoms with Crippen LogP contribution in [0.25, 0.3) is 0 Å². The number of carbonyl (C=O) groups excluding carboxylic acids is 2. The van der Waals surface area contributed by atoms with Crippen molar-refractivity contribution in [2.45, 2.75) is 13.3 Å². The maximum absolute atomic E-state index is 13.3. The number of hydrogen-bond donors (Lipinski definition) is 1. The summed E-state index contributed by atoms with van der Waals surface area (Å²) >= 11 is 0. The van der Waals surface area contributed by atoms with Crippen LogP contribution in [0.2, 0.25) is 0 Å². The molecule has 1 N–H and O–H groups in total. The summed E-state index contributed by atoms with van der Waals surface area (Å²) in [4.78, 5) is 24.9. The van der Waals surface area contributed by atoms with Crippen molar-refractivity contribution in [1.82, 2.24) is 0 Å². The van der Waals surface area contributed by atoms with Crippen LogP contribution in [0.5, 0.6) is 0 Å². The lowest BCUT2D eigenvalue weighted by Crippen LogP contribution is -2.32. The van der Waals surface area contributed by atoms with E-state index in [1.165, 1.54) is 48.2 Å². The lowest BCUT2D eigenvalue weighted by atomic mass is 10.2. The maximum Gasteiger partial charge on any atom is 0.226 e. The first-order chi connectivity index (χ1) is 11.0. The Morgan fingerprint density at radius 3 is 2.30 bits per heavy atom. The Bertz CT molecular complexity index is 719. The summed E-state index contributed by atoms with van der Waals surface area (Å²) < 4.78 is 26.3. The van der Waals surface area contributed by atoms with Crippen LogP contribution in [0.1, 0.15) is 13.3 Å². The minimum absolute atomic E-state index is 0.00655. The topological polar surface area (TPSA) is 49.4 Å². The number of rotatable bonds is 5. The Morgan fingerprint density at radius 2 is 1.70 bits per heavy atom. The highest BCUT2D eigenvalue weighted by molar-refractivity contribution is 5.94. The number of amides is 2. The first-order valence-electron chi connectivity index (χ1n) is 7.05. The van der Waals surface area contributed by atoms with Gasteiger partial charge in [-0.3, -0.25) is 9.59 Å². The molecule has 0 unspecified atom stereocenters. The maximum atomic E-state index is 13.3. The number of anilines is 2. The minimum atomic E-state index is -0.460. The van der Waals surface area contributed by atoms with E-state index in [-0.39, 0.29) is 24.8 Å². The van der Waals surface area contributed by atoms with Gasteiger partial charge in [-0.25, -0.2) is 8.78 Å². The summed E-state index contributed by atoms with van der Waals surface area (Å²) in [5, 5.41) is 2.55. The summed E-state index contributed by atoms with van der Waals surface area (Å²) in [6, 6.07) is 11.1. The predicted molar refractivity (Wildman–Crippen MR) is 84.1 cm³/mol. The van der Waals surface area contributed by atoms with E-state index in [2.05, 4.69) is 5.32 Å². The van der Waals surface area contributed by atoms with Crippen molar-refractivity contribution in [1.29, 1.82) is 0 Å². The average molecular weight is 318 g/mol. The lowest BCUT2D eigenvalue weighted by molar-refractivity contribution is -0.117. The monoisotopic (exact) mass is 318 g/mol. The summed E-state index contributed by atoms with van der Waals surface area (Å²) in [5.41, 5.74) is 0.728. The normalized spacial score (nSPS) is 10.2. The molecule has 6 heteroatoms. The van der Waals surface area contributed by atoms with Crippen LogP contribution < -0.4 is 10.2 Å². The van der Waals surface area contributed by atoms with Gasteiger partial charge in [0.1, 0.15) is 11.6 Å². The molecule has 120 valence electrons. The molecule has 0 bridgehead atoms. The molecule has 0 aliphatic rings. The third-order valence-electron chi connectivity index (χ3n) is 3.17. The number of hydrogen-bond acceptors (Lipinski definition) is 2. The quantitative estimate of drug-likeness (QED) is 0.919. The second-order valence-electron chi connectivity index (χ2n) is 4.96. The zero-order valence-electron chi connectivity index (χ0n) is 12.6. The predicted octanol–water partition coefficient (Wildman–Crippen LogP) is 3.35. The molecule has 0 fully saturated rings. The third kappa shape index (κ3) is 4.88. The second-order valence-corrected chi connectivity index (χ2v) is 4.96. The standard InChI is InChI=1S/C17H16F2N2O2/c1-12(22)21(16-7-3-5-14(19)11-16)9-8-17(23)20-15-6-2-4-13(18)10-15/h2-7,10-11H,8-9H2,1H3,(H,20,23). The van der Waals surface area contributed by atoms with E-state index in [0.717, 1.165) is 0 Å². The van der Waals surface area contributed by atoms with Crippen LogP contribution in [0, 0.1) is 11.6 Å². The van der Waals surface area contributed by atoms with E-state index >= 15 is 0 Å². The molecule has 2 rings (SSSR count). The van der Waals surface area contributed by atoms with Gasteiger partial charge in [-0.2, -0.15) is 0 Å². The zero-order valence-corrected chi connectivity index (χ0v) is 12.6. The molecule has 0 aliphatic heterocycles. The Balaban J connectivity index is 1.99. The van der Waals surface area contributed by atoms with Crippen molar-refractivity contribution in [3.8, 4) is 0 Å². The Hall–Kier alpha value is -2.76. The molecule has 0 spiro atoms. The first kappa shape index (κ1) is 16.6. The molecular formula is C17H16F2N2O2. The van der Waals surface area contributed by atoms with Gasteiger partial charge in [-0.05, 0) is 36.4 Å². The average Bonchev–Trinajstić information content (AvgIpc) is 2.47.